The van der Waals surface area contributed by atoms with Gasteiger partial charge in [-0.05, 0) is 58.5 Å². The number of hydrogen-bond donors (Lipinski definition) is 1. The van der Waals surface area contributed by atoms with E-state index in [0.717, 1.165) is 23.9 Å². The summed E-state index contributed by atoms with van der Waals surface area (Å²) in [4.78, 5) is 11.9. The largest absolute Gasteiger partial charge is 0.494 e. The Balaban J connectivity index is 1.66. The first kappa shape index (κ1) is 16.5. The molecule has 0 spiro atoms. The van der Waals surface area contributed by atoms with Crippen molar-refractivity contribution in [1.29, 1.82) is 0 Å². The minimum atomic E-state index is -0.342. The van der Waals surface area contributed by atoms with Gasteiger partial charge in [0, 0.05) is 5.92 Å². The fourth-order valence-electron chi connectivity index (χ4n) is 2.68. The van der Waals surface area contributed by atoms with Gasteiger partial charge in [0.1, 0.15) is 0 Å². The molecule has 1 heterocycles. The fourth-order valence-corrected chi connectivity index (χ4v) is 2.68. The van der Waals surface area contributed by atoms with Crippen LogP contribution in [0.5, 0.6) is 0 Å². The van der Waals surface area contributed by atoms with Gasteiger partial charge in [-0.3, -0.25) is 4.79 Å². The highest BCUT2D eigenvalue weighted by Gasteiger charge is 2.51. The van der Waals surface area contributed by atoms with Crippen molar-refractivity contribution >= 4 is 18.5 Å². The van der Waals surface area contributed by atoms with E-state index in [1.807, 2.05) is 31.2 Å². The van der Waals surface area contributed by atoms with Crippen LogP contribution >= 0.6 is 0 Å². The van der Waals surface area contributed by atoms with Crippen molar-refractivity contribution in [3.63, 3.8) is 0 Å². The average molecular weight is 315 g/mol. The number of rotatable bonds is 4. The zero-order valence-electron chi connectivity index (χ0n) is 14.7. The zero-order chi connectivity index (χ0) is 16.8. The first-order chi connectivity index (χ1) is 10.7. The van der Waals surface area contributed by atoms with Gasteiger partial charge in [0.15, 0.2) is 0 Å². The van der Waals surface area contributed by atoms with Crippen LogP contribution < -0.4 is 10.8 Å². The Morgan fingerprint density at radius 1 is 1.13 bits per heavy atom. The van der Waals surface area contributed by atoms with Gasteiger partial charge in [-0.1, -0.05) is 24.3 Å². The lowest BCUT2D eigenvalue weighted by Crippen LogP contribution is -2.41. The minimum absolute atomic E-state index is 0.0236. The molecular weight excluding hydrogens is 289 g/mol. The number of carbonyl (C=O) groups is 1. The molecule has 1 aliphatic carbocycles. The van der Waals surface area contributed by atoms with Crippen molar-refractivity contribution in [3.8, 4) is 0 Å². The number of hydrogen-bond acceptors (Lipinski definition) is 3. The van der Waals surface area contributed by atoms with Gasteiger partial charge in [-0.2, -0.15) is 0 Å². The van der Waals surface area contributed by atoms with Crippen LogP contribution in [0.1, 0.15) is 59.1 Å². The molecule has 3 rings (SSSR count). The molecule has 2 fully saturated rings. The maximum Gasteiger partial charge on any atom is 0.494 e. The zero-order valence-corrected chi connectivity index (χ0v) is 14.7. The van der Waals surface area contributed by atoms with Gasteiger partial charge < -0.3 is 14.6 Å². The summed E-state index contributed by atoms with van der Waals surface area (Å²) in [5.41, 5.74) is 1.44. The maximum atomic E-state index is 11.9. The van der Waals surface area contributed by atoms with Crippen molar-refractivity contribution in [3.05, 3.63) is 29.8 Å². The van der Waals surface area contributed by atoms with Gasteiger partial charge in [-0.15, -0.1) is 0 Å². The molecule has 1 aromatic rings. The van der Waals surface area contributed by atoms with Crippen LogP contribution in [-0.4, -0.2) is 24.2 Å². The van der Waals surface area contributed by atoms with Crippen LogP contribution in [0, 0.1) is 5.92 Å². The molecular formula is C18H26BNO3. The molecule has 1 aromatic carbocycles. The summed E-state index contributed by atoms with van der Waals surface area (Å²) < 4.78 is 12.1. The molecule has 1 amide bonds. The third-order valence-electron chi connectivity index (χ3n) is 5.27. The maximum absolute atomic E-state index is 11.9. The summed E-state index contributed by atoms with van der Waals surface area (Å²) in [5.74, 6) is 0.411. The Morgan fingerprint density at radius 2 is 1.65 bits per heavy atom. The molecule has 23 heavy (non-hydrogen) atoms. The van der Waals surface area contributed by atoms with Gasteiger partial charge in [0.05, 0.1) is 17.2 Å². The Bertz CT molecular complexity index is 577. The van der Waals surface area contributed by atoms with Crippen LogP contribution in [-0.2, 0) is 14.1 Å². The van der Waals surface area contributed by atoms with Crippen LogP contribution in [0.4, 0.5) is 0 Å². The van der Waals surface area contributed by atoms with Crippen LogP contribution in [0.15, 0.2) is 24.3 Å². The quantitative estimate of drug-likeness (QED) is 0.869. The summed E-state index contributed by atoms with van der Waals surface area (Å²) in [6.45, 7) is 10.2. The number of nitrogens with one attached hydrogen (secondary N) is 1. The lowest BCUT2D eigenvalue weighted by molar-refractivity contribution is -0.122. The van der Waals surface area contributed by atoms with Gasteiger partial charge in [0.25, 0.3) is 0 Å². The van der Waals surface area contributed by atoms with E-state index < -0.39 is 0 Å². The summed E-state index contributed by atoms with van der Waals surface area (Å²) in [6, 6.07) is 8.15. The second-order valence-electron chi connectivity index (χ2n) is 7.76. The van der Waals surface area contributed by atoms with E-state index in [9.17, 15) is 4.79 Å². The Morgan fingerprint density at radius 3 is 2.13 bits per heavy atom. The highest BCUT2D eigenvalue weighted by atomic mass is 16.7. The van der Waals surface area contributed by atoms with Gasteiger partial charge in [0.2, 0.25) is 5.91 Å². The van der Waals surface area contributed by atoms with Crippen molar-refractivity contribution in [2.45, 2.75) is 64.7 Å². The highest BCUT2D eigenvalue weighted by molar-refractivity contribution is 6.62. The van der Waals surface area contributed by atoms with Crippen molar-refractivity contribution in [1.82, 2.24) is 5.32 Å². The molecule has 1 atom stereocenters. The predicted molar refractivity (Wildman–Crippen MR) is 91.4 cm³/mol. The molecule has 5 heteroatoms. The average Bonchev–Trinajstić information content (AvgIpc) is 3.27. The van der Waals surface area contributed by atoms with E-state index in [1.165, 1.54) is 0 Å². The summed E-state index contributed by atoms with van der Waals surface area (Å²) in [5, 5.41) is 3.07. The van der Waals surface area contributed by atoms with E-state index in [2.05, 4.69) is 33.0 Å². The molecule has 1 aliphatic heterocycles. The van der Waals surface area contributed by atoms with Gasteiger partial charge >= 0.3 is 7.12 Å². The molecule has 0 bridgehead atoms. The molecule has 2 aliphatic rings. The second-order valence-corrected chi connectivity index (χ2v) is 7.76. The molecule has 0 aromatic heterocycles. The monoisotopic (exact) mass is 315 g/mol. The van der Waals surface area contributed by atoms with Crippen molar-refractivity contribution in [2.75, 3.05) is 0 Å². The summed E-state index contributed by atoms with van der Waals surface area (Å²) >= 11 is 0. The molecule has 0 radical (unpaired) electrons. The molecule has 1 saturated heterocycles. The van der Waals surface area contributed by atoms with Crippen LogP contribution in [0.25, 0.3) is 0 Å². The smallest absolute Gasteiger partial charge is 0.399 e. The predicted octanol–water partition coefficient (Wildman–Crippen LogP) is 2.57. The molecule has 124 valence electrons. The van der Waals surface area contributed by atoms with Gasteiger partial charge in [-0.25, -0.2) is 0 Å². The highest BCUT2D eigenvalue weighted by Crippen LogP contribution is 2.36. The Kier molecular flexibility index (Phi) is 4.05. The summed E-state index contributed by atoms with van der Waals surface area (Å²) in [6.07, 6.45) is 2.05. The Labute approximate surface area is 139 Å². The lowest BCUT2D eigenvalue weighted by Gasteiger charge is -2.32. The standard InChI is InChI=1S/C18H26BNO3/c1-12(20-16(21)14-6-7-14)13-8-10-15(11-9-13)19-22-17(2,3)18(4,5)23-19/h8-12,14H,6-7H2,1-5H3,(H,20,21). The van der Waals surface area contributed by atoms with Crippen molar-refractivity contribution < 1.29 is 14.1 Å². The molecule has 4 nitrogen and oxygen atoms in total. The normalized spacial score (nSPS) is 23.6. The number of benzene rings is 1. The third-order valence-corrected chi connectivity index (χ3v) is 5.27. The Hall–Kier alpha value is -1.33. The van der Waals surface area contributed by atoms with Crippen LogP contribution in [0.2, 0.25) is 0 Å². The molecule has 1 unspecified atom stereocenters. The van der Waals surface area contributed by atoms with E-state index in [0.29, 0.717) is 0 Å². The number of carbonyl (C=O) groups excluding carboxylic acids is 1. The summed E-state index contributed by atoms with van der Waals surface area (Å²) in [7, 11) is -0.342. The topological polar surface area (TPSA) is 47.6 Å². The van der Waals surface area contributed by atoms with Crippen LogP contribution in [0.3, 0.4) is 0 Å². The second kappa shape index (κ2) is 5.64. The molecule has 1 saturated carbocycles. The fraction of sp³-hybridized carbons (Fsp3) is 0.611. The van der Waals surface area contributed by atoms with E-state index >= 15 is 0 Å². The number of amides is 1. The van der Waals surface area contributed by atoms with E-state index in [-0.39, 0.29) is 36.2 Å². The van der Waals surface area contributed by atoms with E-state index in [1.54, 1.807) is 0 Å². The molecule has 1 N–H and O–H groups in total. The first-order valence-electron chi connectivity index (χ1n) is 8.45. The third kappa shape index (κ3) is 3.31. The van der Waals surface area contributed by atoms with Crippen molar-refractivity contribution in [2.24, 2.45) is 5.92 Å². The lowest BCUT2D eigenvalue weighted by atomic mass is 9.78. The van der Waals surface area contributed by atoms with E-state index in [4.69, 9.17) is 9.31 Å². The SMILES string of the molecule is CC(NC(=O)C1CC1)c1ccc(B2OC(C)(C)C(C)(C)O2)cc1. The first-order valence-corrected chi connectivity index (χ1v) is 8.45. The minimum Gasteiger partial charge on any atom is -0.399 e.